The zero-order chi connectivity index (χ0) is 25.0. The molecule has 0 aliphatic carbocycles. The molecule has 0 aliphatic rings. The predicted octanol–water partition coefficient (Wildman–Crippen LogP) is 7.76. The molecule has 4 heteroatoms. The number of unbranched alkanes of at least 4 members (excludes halogenated alkanes) is 2. The van der Waals surface area contributed by atoms with Crippen LogP contribution in [0.4, 0.5) is 17.1 Å². The van der Waals surface area contributed by atoms with Crippen molar-refractivity contribution in [1.29, 1.82) is 0 Å². The minimum atomic E-state index is -0.0241. The summed E-state index contributed by atoms with van der Waals surface area (Å²) in [6.45, 7) is 9.38. The SMILES string of the molecule is CCCCN(CCCC)c1ccc(C(Nc2ccccc2)c2ccc(N(C)C)cc2)c(OCC)c1. The van der Waals surface area contributed by atoms with Crippen molar-refractivity contribution in [2.75, 3.05) is 48.9 Å². The van der Waals surface area contributed by atoms with E-state index in [0.29, 0.717) is 6.61 Å². The Kier molecular flexibility index (Phi) is 10.3. The van der Waals surface area contributed by atoms with Gasteiger partial charge in [-0.15, -0.1) is 0 Å². The van der Waals surface area contributed by atoms with Gasteiger partial charge in [0.2, 0.25) is 0 Å². The molecule has 1 unspecified atom stereocenters. The van der Waals surface area contributed by atoms with Crippen LogP contribution in [-0.2, 0) is 0 Å². The number of anilines is 3. The fourth-order valence-corrected chi connectivity index (χ4v) is 4.31. The van der Waals surface area contributed by atoms with Crippen molar-refractivity contribution in [3.63, 3.8) is 0 Å². The average Bonchev–Trinajstić information content (AvgIpc) is 2.88. The van der Waals surface area contributed by atoms with E-state index in [1.165, 1.54) is 42.6 Å². The highest BCUT2D eigenvalue weighted by Gasteiger charge is 2.20. The van der Waals surface area contributed by atoms with Crippen LogP contribution in [0.5, 0.6) is 5.75 Å². The summed E-state index contributed by atoms with van der Waals surface area (Å²) in [5.41, 5.74) is 5.90. The number of rotatable bonds is 14. The lowest BCUT2D eigenvalue weighted by Gasteiger charge is -2.28. The number of nitrogens with zero attached hydrogens (tertiary/aromatic N) is 2. The van der Waals surface area contributed by atoms with Gasteiger partial charge in [-0.2, -0.15) is 0 Å². The van der Waals surface area contributed by atoms with Crippen LogP contribution in [0.3, 0.4) is 0 Å². The molecule has 188 valence electrons. The molecular weight excluding hydrogens is 430 g/mol. The van der Waals surface area contributed by atoms with Gasteiger partial charge >= 0.3 is 0 Å². The van der Waals surface area contributed by atoms with E-state index >= 15 is 0 Å². The third kappa shape index (κ3) is 7.42. The van der Waals surface area contributed by atoms with E-state index in [1.54, 1.807) is 0 Å². The molecule has 0 saturated carbocycles. The Morgan fingerprint density at radius 3 is 1.97 bits per heavy atom. The Morgan fingerprint density at radius 2 is 1.40 bits per heavy atom. The topological polar surface area (TPSA) is 27.7 Å². The van der Waals surface area contributed by atoms with Crippen molar-refractivity contribution in [3.8, 4) is 5.75 Å². The molecule has 1 atom stereocenters. The van der Waals surface area contributed by atoms with Gasteiger partial charge in [0, 0.05) is 55.9 Å². The van der Waals surface area contributed by atoms with E-state index in [4.69, 9.17) is 4.74 Å². The summed E-state index contributed by atoms with van der Waals surface area (Å²) in [6.07, 6.45) is 4.80. The number of benzene rings is 3. The fourth-order valence-electron chi connectivity index (χ4n) is 4.31. The third-order valence-corrected chi connectivity index (χ3v) is 6.36. The molecule has 0 amide bonds. The van der Waals surface area contributed by atoms with Crippen LogP contribution in [0.2, 0.25) is 0 Å². The van der Waals surface area contributed by atoms with Crippen LogP contribution in [0.1, 0.15) is 63.6 Å². The van der Waals surface area contributed by atoms with Gasteiger partial charge in [0.1, 0.15) is 5.75 Å². The summed E-state index contributed by atoms with van der Waals surface area (Å²) in [4.78, 5) is 4.65. The molecule has 0 fully saturated rings. The summed E-state index contributed by atoms with van der Waals surface area (Å²) in [5, 5.41) is 3.77. The molecule has 0 aromatic heterocycles. The number of hydrogen-bond acceptors (Lipinski definition) is 4. The largest absolute Gasteiger partial charge is 0.493 e. The summed E-state index contributed by atoms with van der Waals surface area (Å²) in [6, 6.07) is 26.0. The second-order valence-electron chi connectivity index (χ2n) is 9.28. The molecule has 35 heavy (non-hydrogen) atoms. The first kappa shape index (κ1) is 26.5. The Balaban J connectivity index is 2.03. The molecule has 1 N–H and O–H groups in total. The first-order chi connectivity index (χ1) is 17.1. The summed E-state index contributed by atoms with van der Waals surface area (Å²) < 4.78 is 6.26. The van der Waals surface area contributed by atoms with Crippen molar-refractivity contribution < 1.29 is 4.74 Å². The predicted molar refractivity (Wildman–Crippen MR) is 152 cm³/mol. The second kappa shape index (κ2) is 13.7. The highest BCUT2D eigenvalue weighted by Crippen LogP contribution is 2.36. The van der Waals surface area contributed by atoms with Gasteiger partial charge in [0.15, 0.2) is 0 Å². The van der Waals surface area contributed by atoms with Crippen LogP contribution >= 0.6 is 0 Å². The van der Waals surface area contributed by atoms with Gasteiger partial charge < -0.3 is 19.9 Å². The maximum atomic E-state index is 6.26. The van der Waals surface area contributed by atoms with E-state index < -0.39 is 0 Å². The Bertz CT molecular complexity index is 993. The van der Waals surface area contributed by atoms with Crippen LogP contribution in [0.15, 0.2) is 72.8 Å². The maximum absolute atomic E-state index is 6.26. The molecular formula is C31H43N3O. The summed E-state index contributed by atoms with van der Waals surface area (Å²) >= 11 is 0. The fraction of sp³-hybridized carbons (Fsp3) is 0.419. The van der Waals surface area contributed by atoms with Crippen LogP contribution < -0.4 is 19.9 Å². The molecule has 3 aromatic carbocycles. The smallest absolute Gasteiger partial charge is 0.126 e. The van der Waals surface area contributed by atoms with E-state index in [1.807, 2.05) is 6.07 Å². The van der Waals surface area contributed by atoms with Gasteiger partial charge in [-0.05, 0) is 55.7 Å². The Labute approximate surface area is 212 Å². The Hall–Kier alpha value is -3.14. The van der Waals surface area contributed by atoms with Gasteiger partial charge in [-0.25, -0.2) is 0 Å². The molecule has 3 rings (SSSR count). The molecule has 0 aliphatic heterocycles. The number of ether oxygens (including phenoxy) is 1. The standard InChI is InChI=1S/C31H43N3O/c1-6-9-22-34(23-10-7-2)28-20-21-29(30(24-28)35-8-3)31(32-26-14-12-11-13-15-26)25-16-18-27(19-17-25)33(4)5/h11-21,24,31-32H,6-10,22-23H2,1-5H3. The van der Waals surface area contributed by atoms with E-state index in [2.05, 4.69) is 117 Å². The molecule has 0 radical (unpaired) electrons. The lowest BCUT2D eigenvalue weighted by Crippen LogP contribution is -2.26. The maximum Gasteiger partial charge on any atom is 0.126 e. The van der Waals surface area contributed by atoms with E-state index in [-0.39, 0.29) is 6.04 Å². The van der Waals surface area contributed by atoms with Crippen LogP contribution in [0.25, 0.3) is 0 Å². The monoisotopic (exact) mass is 473 g/mol. The van der Waals surface area contributed by atoms with Crippen molar-refractivity contribution in [3.05, 3.63) is 83.9 Å². The van der Waals surface area contributed by atoms with Gasteiger partial charge in [0.05, 0.1) is 12.6 Å². The third-order valence-electron chi connectivity index (χ3n) is 6.36. The zero-order valence-electron chi connectivity index (χ0n) is 22.3. The van der Waals surface area contributed by atoms with Crippen LogP contribution in [0, 0.1) is 0 Å². The molecule has 0 spiro atoms. The van der Waals surface area contributed by atoms with E-state index in [0.717, 1.165) is 30.1 Å². The molecule has 3 aromatic rings. The molecule has 4 nitrogen and oxygen atoms in total. The van der Waals surface area contributed by atoms with Gasteiger partial charge in [0.25, 0.3) is 0 Å². The van der Waals surface area contributed by atoms with Crippen LogP contribution in [-0.4, -0.2) is 33.8 Å². The van der Waals surface area contributed by atoms with Crippen molar-refractivity contribution in [2.24, 2.45) is 0 Å². The van der Waals surface area contributed by atoms with Gasteiger partial charge in [-0.1, -0.05) is 63.1 Å². The summed E-state index contributed by atoms with van der Waals surface area (Å²) in [7, 11) is 4.15. The minimum Gasteiger partial charge on any atom is -0.493 e. The molecule has 0 heterocycles. The quantitative estimate of drug-likeness (QED) is 0.259. The van der Waals surface area contributed by atoms with Crippen molar-refractivity contribution >= 4 is 17.1 Å². The normalized spacial score (nSPS) is 11.7. The number of nitrogens with one attached hydrogen (secondary N) is 1. The Morgan fingerprint density at radius 1 is 0.771 bits per heavy atom. The van der Waals surface area contributed by atoms with Gasteiger partial charge in [-0.3, -0.25) is 0 Å². The highest BCUT2D eigenvalue weighted by atomic mass is 16.5. The van der Waals surface area contributed by atoms with Crippen molar-refractivity contribution in [1.82, 2.24) is 0 Å². The summed E-state index contributed by atoms with van der Waals surface area (Å²) in [5.74, 6) is 0.952. The molecule has 0 bridgehead atoms. The number of hydrogen-bond donors (Lipinski definition) is 1. The second-order valence-corrected chi connectivity index (χ2v) is 9.28. The first-order valence-electron chi connectivity index (χ1n) is 13.2. The highest BCUT2D eigenvalue weighted by molar-refractivity contribution is 5.59. The zero-order valence-corrected chi connectivity index (χ0v) is 22.3. The molecule has 0 saturated heterocycles. The lowest BCUT2D eigenvalue weighted by molar-refractivity contribution is 0.336. The minimum absolute atomic E-state index is 0.0241. The first-order valence-corrected chi connectivity index (χ1v) is 13.2. The van der Waals surface area contributed by atoms with Crippen molar-refractivity contribution in [2.45, 2.75) is 52.5 Å². The number of para-hydroxylation sites is 1. The van der Waals surface area contributed by atoms with E-state index in [9.17, 15) is 0 Å². The average molecular weight is 474 g/mol. The lowest BCUT2D eigenvalue weighted by atomic mass is 9.96.